The minimum absolute atomic E-state index is 0.0643. The summed E-state index contributed by atoms with van der Waals surface area (Å²) in [4.78, 5) is 0. The zero-order valence-electron chi connectivity index (χ0n) is 12.9. The summed E-state index contributed by atoms with van der Waals surface area (Å²) in [6.45, 7) is 6.68. The molecule has 0 aliphatic heterocycles. The summed E-state index contributed by atoms with van der Waals surface area (Å²) in [6.07, 6.45) is 4.35. The molecule has 1 aromatic rings. The van der Waals surface area contributed by atoms with E-state index in [1.807, 2.05) is 0 Å². The maximum atomic E-state index is 9.73. The van der Waals surface area contributed by atoms with Crippen molar-refractivity contribution < 1.29 is 5.11 Å². The van der Waals surface area contributed by atoms with Crippen molar-refractivity contribution in [1.29, 1.82) is 0 Å². The first kappa shape index (κ1) is 15.5. The zero-order valence-corrected chi connectivity index (χ0v) is 12.9. The number of aliphatic hydroxyl groups is 1. The van der Waals surface area contributed by atoms with Gasteiger partial charge in [0.15, 0.2) is 0 Å². The highest BCUT2D eigenvalue weighted by molar-refractivity contribution is 5.20. The van der Waals surface area contributed by atoms with E-state index in [1.165, 1.54) is 18.4 Å². The molecule has 2 N–H and O–H groups in total. The van der Waals surface area contributed by atoms with Crippen LogP contribution in [0.15, 0.2) is 30.3 Å². The number of benzene rings is 1. The van der Waals surface area contributed by atoms with Gasteiger partial charge in [-0.1, -0.05) is 50.6 Å². The van der Waals surface area contributed by atoms with E-state index in [-0.39, 0.29) is 6.10 Å². The molecule has 1 fully saturated rings. The summed E-state index contributed by atoms with van der Waals surface area (Å²) in [6, 6.07) is 10.8. The Balaban J connectivity index is 1.81. The van der Waals surface area contributed by atoms with E-state index in [1.54, 1.807) is 0 Å². The second kappa shape index (κ2) is 7.80. The Morgan fingerprint density at radius 2 is 1.95 bits per heavy atom. The third kappa shape index (κ3) is 4.60. The van der Waals surface area contributed by atoms with Crippen LogP contribution in [0.5, 0.6) is 0 Å². The molecule has 1 aromatic carbocycles. The van der Waals surface area contributed by atoms with E-state index >= 15 is 0 Å². The Kier molecular flexibility index (Phi) is 6.06. The predicted molar refractivity (Wildman–Crippen MR) is 84.9 cm³/mol. The molecule has 0 heterocycles. The van der Waals surface area contributed by atoms with Crippen molar-refractivity contribution in [3.05, 3.63) is 35.9 Å². The van der Waals surface area contributed by atoms with Gasteiger partial charge in [0.05, 0.1) is 6.10 Å². The van der Waals surface area contributed by atoms with Crippen molar-refractivity contribution in [3.63, 3.8) is 0 Å². The van der Waals surface area contributed by atoms with E-state index in [2.05, 4.69) is 49.5 Å². The molecule has 0 radical (unpaired) electrons. The highest BCUT2D eigenvalue weighted by atomic mass is 16.3. The molecule has 3 atom stereocenters. The summed E-state index contributed by atoms with van der Waals surface area (Å²) in [7, 11) is 0. The second-order valence-corrected chi connectivity index (χ2v) is 6.61. The van der Waals surface area contributed by atoms with Crippen molar-refractivity contribution in [2.45, 2.75) is 51.6 Å². The van der Waals surface area contributed by atoms with Crippen LogP contribution in [-0.2, 0) is 0 Å². The van der Waals surface area contributed by atoms with Crippen LogP contribution in [-0.4, -0.2) is 24.3 Å². The maximum absolute atomic E-state index is 9.73. The van der Waals surface area contributed by atoms with Crippen molar-refractivity contribution in [2.24, 2.45) is 11.8 Å². The lowest BCUT2D eigenvalue weighted by molar-refractivity contribution is 0.100. The van der Waals surface area contributed by atoms with Gasteiger partial charge < -0.3 is 10.4 Å². The number of nitrogens with one attached hydrogen (secondary N) is 1. The van der Waals surface area contributed by atoms with Crippen LogP contribution in [0, 0.1) is 11.8 Å². The highest BCUT2D eigenvalue weighted by Crippen LogP contribution is 2.25. The van der Waals surface area contributed by atoms with Crippen molar-refractivity contribution in [1.82, 2.24) is 5.32 Å². The largest absolute Gasteiger partial charge is 0.393 e. The van der Waals surface area contributed by atoms with Crippen LogP contribution in [0.4, 0.5) is 0 Å². The first-order chi connectivity index (χ1) is 9.66. The molecule has 0 spiro atoms. The molecule has 112 valence electrons. The maximum Gasteiger partial charge on any atom is 0.0543 e. The van der Waals surface area contributed by atoms with Gasteiger partial charge in [-0.25, -0.2) is 0 Å². The lowest BCUT2D eigenvalue weighted by Gasteiger charge is -2.28. The third-order valence-corrected chi connectivity index (χ3v) is 4.58. The molecule has 0 saturated heterocycles. The monoisotopic (exact) mass is 275 g/mol. The standard InChI is InChI=1S/C18H29NO/c1-14(2)18(16-8-4-3-5-9-16)13-19-12-15-7-6-10-17(20)11-15/h3-5,8-9,14-15,17-20H,6-7,10-13H2,1-2H3. The fourth-order valence-electron chi connectivity index (χ4n) is 3.33. The van der Waals surface area contributed by atoms with Gasteiger partial charge in [0.25, 0.3) is 0 Å². The SMILES string of the molecule is CC(C)C(CNCC1CCCC(O)C1)c1ccccc1. The van der Waals surface area contributed by atoms with E-state index in [9.17, 15) is 5.11 Å². The van der Waals surface area contributed by atoms with E-state index in [0.29, 0.717) is 17.8 Å². The molecule has 2 nitrogen and oxygen atoms in total. The van der Waals surface area contributed by atoms with E-state index in [0.717, 1.165) is 25.9 Å². The first-order valence-corrected chi connectivity index (χ1v) is 8.10. The Bertz CT molecular complexity index is 376. The molecule has 2 rings (SSSR count). The molecular weight excluding hydrogens is 246 g/mol. The van der Waals surface area contributed by atoms with Gasteiger partial charge in [0, 0.05) is 6.54 Å². The minimum atomic E-state index is -0.0643. The molecular formula is C18H29NO. The molecule has 0 amide bonds. The van der Waals surface area contributed by atoms with Crippen LogP contribution in [0.3, 0.4) is 0 Å². The van der Waals surface area contributed by atoms with Crippen molar-refractivity contribution >= 4 is 0 Å². The van der Waals surface area contributed by atoms with Crippen molar-refractivity contribution in [3.8, 4) is 0 Å². The Hall–Kier alpha value is -0.860. The van der Waals surface area contributed by atoms with Crippen LogP contribution in [0.2, 0.25) is 0 Å². The Labute approximate surface area is 123 Å². The molecule has 20 heavy (non-hydrogen) atoms. The van der Waals surface area contributed by atoms with Crippen LogP contribution >= 0.6 is 0 Å². The number of rotatable bonds is 6. The van der Waals surface area contributed by atoms with Crippen LogP contribution in [0.1, 0.15) is 51.0 Å². The second-order valence-electron chi connectivity index (χ2n) is 6.61. The topological polar surface area (TPSA) is 32.3 Å². The predicted octanol–water partition coefficient (Wildman–Crippen LogP) is 3.57. The Morgan fingerprint density at radius 3 is 2.60 bits per heavy atom. The summed E-state index contributed by atoms with van der Waals surface area (Å²) in [5.74, 6) is 1.87. The average molecular weight is 275 g/mol. The molecule has 0 aromatic heterocycles. The Morgan fingerprint density at radius 1 is 1.20 bits per heavy atom. The fourth-order valence-corrected chi connectivity index (χ4v) is 3.33. The van der Waals surface area contributed by atoms with Gasteiger partial charge in [-0.15, -0.1) is 0 Å². The van der Waals surface area contributed by atoms with Gasteiger partial charge in [-0.2, -0.15) is 0 Å². The van der Waals surface area contributed by atoms with Gasteiger partial charge >= 0.3 is 0 Å². The lowest BCUT2D eigenvalue weighted by atomic mass is 9.86. The first-order valence-electron chi connectivity index (χ1n) is 8.10. The molecule has 1 saturated carbocycles. The van der Waals surface area contributed by atoms with Gasteiger partial charge in [0.1, 0.15) is 0 Å². The molecule has 1 aliphatic rings. The van der Waals surface area contributed by atoms with E-state index in [4.69, 9.17) is 0 Å². The highest BCUT2D eigenvalue weighted by Gasteiger charge is 2.21. The summed E-state index contributed by atoms with van der Waals surface area (Å²) in [5.41, 5.74) is 1.43. The summed E-state index contributed by atoms with van der Waals surface area (Å²) >= 11 is 0. The molecule has 3 unspecified atom stereocenters. The molecule has 2 heteroatoms. The van der Waals surface area contributed by atoms with Gasteiger partial charge in [-0.05, 0) is 49.1 Å². The summed E-state index contributed by atoms with van der Waals surface area (Å²) < 4.78 is 0. The molecule has 1 aliphatic carbocycles. The lowest BCUT2D eigenvalue weighted by Crippen LogP contribution is -2.32. The van der Waals surface area contributed by atoms with Crippen LogP contribution < -0.4 is 5.32 Å². The third-order valence-electron chi connectivity index (χ3n) is 4.58. The van der Waals surface area contributed by atoms with Crippen molar-refractivity contribution in [2.75, 3.05) is 13.1 Å². The minimum Gasteiger partial charge on any atom is -0.393 e. The average Bonchev–Trinajstić information content (AvgIpc) is 2.44. The van der Waals surface area contributed by atoms with Crippen LogP contribution in [0.25, 0.3) is 0 Å². The quantitative estimate of drug-likeness (QED) is 0.832. The van der Waals surface area contributed by atoms with E-state index < -0.39 is 0 Å². The van der Waals surface area contributed by atoms with Gasteiger partial charge in [0.2, 0.25) is 0 Å². The number of hydrogen-bond donors (Lipinski definition) is 2. The van der Waals surface area contributed by atoms with Gasteiger partial charge in [-0.3, -0.25) is 0 Å². The number of aliphatic hydroxyl groups excluding tert-OH is 1. The smallest absolute Gasteiger partial charge is 0.0543 e. The fraction of sp³-hybridized carbons (Fsp3) is 0.667. The zero-order chi connectivity index (χ0) is 14.4. The summed E-state index contributed by atoms with van der Waals surface area (Å²) in [5, 5.41) is 13.4. The normalized spacial score (nSPS) is 24.8. The molecule has 0 bridgehead atoms. The number of hydrogen-bond acceptors (Lipinski definition) is 2.